The summed E-state index contributed by atoms with van der Waals surface area (Å²) in [5.41, 5.74) is 1.68. The van der Waals surface area contributed by atoms with E-state index in [1.165, 1.54) is 24.8 Å². The third-order valence-corrected chi connectivity index (χ3v) is 4.23. The van der Waals surface area contributed by atoms with Crippen LogP contribution >= 0.6 is 0 Å². The van der Waals surface area contributed by atoms with Crippen LogP contribution in [0.5, 0.6) is 5.75 Å². The average molecular weight is 397 g/mol. The van der Waals surface area contributed by atoms with Gasteiger partial charge >= 0.3 is 11.7 Å². The molecule has 0 aliphatic carbocycles. The Balaban J connectivity index is 1.74. The molecule has 9 heteroatoms. The molecule has 2 aromatic carbocycles. The van der Waals surface area contributed by atoms with Crippen LogP contribution in [-0.4, -0.2) is 28.1 Å². The van der Waals surface area contributed by atoms with Crippen molar-refractivity contribution in [2.75, 3.05) is 7.11 Å². The molecule has 0 radical (unpaired) electrons. The molecule has 1 heterocycles. The molecule has 0 aliphatic rings. The Labute approximate surface area is 166 Å². The number of carbonyl (C=O) groups is 1. The molecule has 0 spiro atoms. The lowest BCUT2D eigenvalue weighted by Crippen LogP contribution is -2.04. The van der Waals surface area contributed by atoms with Crippen LogP contribution < -0.4 is 4.74 Å². The highest BCUT2D eigenvalue weighted by Gasteiger charge is 2.20. The number of rotatable bonds is 7. The first kappa shape index (κ1) is 20.0. The minimum absolute atomic E-state index is 0.0244. The Hall–Kier alpha value is -3.75. The zero-order valence-electron chi connectivity index (χ0n) is 16.1. The highest BCUT2D eigenvalue weighted by Crippen LogP contribution is 2.29. The van der Waals surface area contributed by atoms with E-state index in [1.807, 2.05) is 24.3 Å². The smallest absolute Gasteiger partial charge is 0.338 e. The van der Waals surface area contributed by atoms with Crippen LogP contribution in [0.4, 0.5) is 5.69 Å². The van der Waals surface area contributed by atoms with E-state index in [2.05, 4.69) is 28.7 Å². The Kier molecular flexibility index (Phi) is 5.87. The van der Waals surface area contributed by atoms with Gasteiger partial charge in [-0.25, -0.2) is 4.79 Å². The van der Waals surface area contributed by atoms with Gasteiger partial charge in [0, 0.05) is 11.6 Å². The van der Waals surface area contributed by atoms with Crippen molar-refractivity contribution < 1.29 is 23.7 Å². The fraction of sp³-hybridized carbons (Fsp3) is 0.250. The molecule has 0 fully saturated rings. The standard InChI is InChI=1S/C20H19N3O6/c1-12(2)13-4-6-14(7-5-13)19-21-18(29-22-19)11-28-17-9-8-15(20(24)27-3)10-16(17)23(25)26/h4-10,12H,11H2,1-3H3. The average Bonchev–Trinajstić information content (AvgIpc) is 3.20. The van der Waals surface area contributed by atoms with Gasteiger partial charge in [0.2, 0.25) is 5.82 Å². The molecule has 9 nitrogen and oxygen atoms in total. The summed E-state index contributed by atoms with van der Waals surface area (Å²) in [5, 5.41) is 15.2. The minimum atomic E-state index is -0.676. The SMILES string of the molecule is COC(=O)c1ccc(OCc2nc(-c3ccc(C(C)C)cc3)no2)c([N+](=O)[O-])c1. The lowest BCUT2D eigenvalue weighted by Gasteiger charge is -2.06. The number of carbonyl (C=O) groups excluding carboxylic acids is 1. The van der Waals surface area contributed by atoms with Gasteiger partial charge in [-0.3, -0.25) is 10.1 Å². The van der Waals surface area contributed by atoms with E-state index in [4.69, 9.17) is 9.26 Å². The Morgan fingerprint density at radius 2 is 1.93 bits per heavy atom. The highest BCUT2D eigenvalue weighted by atomic mass is 16.6. The van der Waals surface area contributed by atoms with Crippen molar-refractivity contribution in [2.24, 2.45) is 0 Å². The zero-order valence-corrected chi connectivity index (χ0v) is 16.1. The Morgan fingerprint density at radius 1 is 1.21 bits per heavy atom. The quantitative estimate of drug-likeness (QED) is 0.332. The number of methoxy groups -OCH3 is 1. The number of ether oxygens (including phenoxy) is 2. The highest BCUT2D eigenvalue weighted by molar-refractivity contribution is 5.90. The molecule has 0 saturated carbocycles. The van der Waals surface area contributed by atoms with Crippen LogP contribution in [-0.2, 0) is 11.3 Å². The first-order valence-electron chi connectivity index (χ1n) is 8.81. The van der Waals surface area contributed by atoms with Gasteiger partial charge in [0.05, 0.1) is 17.6 Å². The maximum Gasteiger partial charge on any atom is 0.338 e. The molecule has 1 aromatic heterocycles. The molecule has 29 heavy (non-hydrogen) atoms. The molecule has 3 rings (SSSR count). The summed E-state index contributed by atoms with van der Waals surface area (Å²) >= 11 is 0. The van der Waals surface area contributed by atoms with Crippen LogP contribution in [0.25, 0.3) is 11.4 Å². The summed E-state index contributed by atoms with van der Waals surface area (Å²) in [7, 11) is 1.20. The second kappa shape index (κ2) is 8.51. The van der Waals surface area contributed by atoms with Crippen molar-refractivity contribution in [1.82, 2.24) is 10.1 Å². The van der Waals surface area contributed by atoms with E-state index in [0.717, 1.165) is 11.6 Å². The van der Waals surface area contributed by atoms with E-state index in [9.17, 15) is 14.9 Å². The molecular weight excluding hydrogens is 378 g/mol. The molecule has 0 N–H and O–H groups in total. The number of hydrogen-bond donors (Lipinski definition) is 0. The first-order chi connectivity index (χ1) is 13.9. The predicted molar refractivity (Wildman–Crippen MR) is 103 cm³/mol. The lowest BCUT2D eigenvalue weighted by atomic mass is 10.0. The summed E-state index contributed by atoms with van der Waals surface area (Å²) in [6.07, 6.45) is 0. The lowest BCUT2D eigenvalue weighted by molar-refractivity contribution is -0.386. The second-order valence-corrected chi connectivity index (χ2v) is 6.51. The Morgan fingerprint density at radius 3 is 2.55 bits per heavy atom. The Bertz CT molecular complexity index is 1030. The van der Waals surface area contributed by atoms with E-state index in [0.29, 0.717) is 11.7 Å². The second-order valence-electron chi connectivity index (χ2n) is 6.51. The molecule has 0 atom stereocenters. The van der Waals surface area contributed by atoms with E-state index < -0.39 is 10.9 Å². The van der Waals surface area contributed by atoms with Gasteiger partial charge in [-0.1, -0.05) is 43.3 Å². The van der Waals surface area contributed by atoms with Gasteiger partial charge in [-0.2, -0.15) is 4.98 Å². The van der Waals surface area contributed by atoms with Crippen LogP contribution in [0, 0.1) is 10.1 Å². The number of nitro groups is 1. The van der Waals surface area contributed by atoms with Crippen molar-refractivity contribution in [1.29, 1.82) is 0 Å². The molecule has 3 aromatic rings. The predicted octanol–water partition coefficient (Wildman–Crippen LogP) is 4.13. The van der Waals surface area contributed by atoms with Crippen LogP contribution in [0.3, 0.4) is 0 Å². The van der Waals surface area contributed by atoms with E-state index in [-0.39, 0.29) is 29.5 Å². The third kappa shape index (κ3) is 4.57. The maximum atomic E-state index is 11.6. The van der Waals surface area contributed by atoms with Crippen molar-refractivity contribution in [3.05, 3.63) is 69.6 Å². The summed E-state index contributed by atoms with van der Waals surface area (Å²) in [6, 6.07) is 11.6. The van der Waals surface area contributed by atoms with Crippen LogP contribution in [0.1, 0.15) is 41.6 Å². The molecular formula is C20H19N3O6. The fourth-order valence-electron chi connectivity index (χ4n) is 2.61. The largest absolute Gasteiger partial charge is 0.477 e. The fourth-order valence-corrected chi connectivity index (χ4v) is 2.61. The van der Waals surface area contributed by atoms with Crippen LogP contribution in [0.2, 0.25) is 0 Å². The maximum absolute atomic E-state index is 11.6. The van der Waals surface area contributed by atoms with Crippen molar-refractivity contribution in [3.8, 4) is 17.1 Å². The number of nitro benzene ring substituents is 1. The van der Waals surface area contributed by atoms with Crippen molar-refractivity contribution >= 4 is 11.7 Å². The van der Waals surface area contributed by atoms with E-state index in [1.54, 1.807) is 0 Å². The molecule has 0 bridgehead atoms. The van der Waals surface area contributed by atoms with E-state index >= 15 is 0 Å². The number of hydrogen-bond acceptors (Lipinski definition) is 8. The normalized spacial score (nSPS) is 10.8. The van der Waals surface area contributed by atoms with Gasteiger partial charge in [-0.05, 0) is 23.6 Å². The minimum Gasteiger partial charge on any atom is -0.477 e. The number of nitrogens with zero attached hydrogens (tertiary/aromatic N) is 3. The topological polar surface area (TPSA) is 118 Å². The van der Waals surface area contributed by atoms with Gasteiger partial charge in [0.1, 0.15) is 0 Å². The third-order valence-electron chi connectivity index (χ3n) is 4.23. The number of benzene rings is 2. The van der Waals surface area contributed by atoms with Gasteiger partial charge in [0.25, 0.3) is 5.89 Å². The molecule has 0 unspecified atom stereocenters. The van der Waals surface area contributed by atoms with Crippen LogP contribution in [0.15, 0.2) is 47.0 Å². The summed E-state index contributed by atoms with van der Waals surface area (Å²) in [6.45, 7) is 4.06. The summed E-state index contributed by atoms with van der Waals surface area (Å²) < 4.78 is 15.2. The van der Waals surface area contributed by atoms with Gasteiger partial charge in [-0.15, -0.1) is 0 Å². The molecule has 0 aliphatic heterocycles. The molecule has 150 valence electrons. The zero-order chi connectivity index (χ0) is 21.0. The number of esters is 1. The summed E-state index contributed by atoms with van der Waals surface area (Å²) in [4.78, 5) is 26.5. The molecule has 0 saturated heterocycles. The monoisotopic (exact) mass is 397 g/mol. The van der Waals surface area contributed by atoms with Gasteiger partial charge in [0.15, 0.2) is 12.4 Å². The summed E-state index contributed by atoms with van der Waals surface area (Å²) in [5.74, 6) is 0.279. The molecule has 0 amide bonds. The van der Waals surface area contributed by atoms with Gasteiger partial charge < -0.3 is 14.0 Å². The van der Waals surface area contributed by atoms with Crippen molar-refractivity contribution in [3.63, 3.8) is 0 Å². The number of aromatic nitrogens is 2. The first-order valence-corrected chi connectivity index (χ1v) is 8.81. The van der Waals surface area contributed by atoms with Crippen molar-refractivity contribution in [2.45, 2.75) is 26.4 Å².